The molecule has 0 aromatic heterocycles. The largest absolute Gasteiger partial charge is 0.465 e. The smallest absolute Gasteiger partial charge is 0.305 e. The Bertz CT molecular complexity index is 286. The maximum atomic E-state index is 11.9. The number of unbranched alkanes of at least 4 members (excludes halogenated alkanes) is 4. The second kappa shape index (κ2) is 16.0. The fourth-order valence-corrected chi connectivity index (χ4v) is 3.08. The number of rotatable bonds is 16. The van der Waals surface area contributed by atoms with E-state index in [1.807, 2.05) is 0 Å². The fourth-order valence-electron chi connectivity index (χ4n) is 3.08. The monoisotopic (exact) mass is 340 g/mol. The lowest BCUT2D eigenvalue weighted by atomic mass is 9.93. The summed E-state index contributed by atoms with van der Waals surface area (Å²) in [6.45, 7) is 12.0. The van der Waals surface area contributed by atoms with E-state index in [9.17, 15) is 4.79 Å². The van der Waals surface area contributed by atoms with Gasteiger partial charge in [0, 0.05) is 6.42 Å². The fraction of sp³-hybridized carbons (Fsp3) is 0.955. The van der Waals surface area contributed by atoms with E-state index in [-0.39, 0.29) is 5.97 Å². The first-order valence-corrected chi connectivity index (χ1v) is 10.6. The third-order valence-corrected chi connectivity index (χ3v) is 5.10. The highest BCUT2D eigenvalue weighted by atomic mass is 16.5. The number of carbonyl (C=O) groups is 1. The van der Waals surface area contributed by atoms with E-state index in [0.29, 0.717) is 18.9 Å². The molecule has 2 unspecified atom stereocenters. The van der Waals surface area contributed by atoms with E-state index >= 15 is 0 Å². The molecule has 0 spiro atoms. The van der Waals surface area contributed by atoms with E-state index in [4.69, 9.17) is 4.74 Å². The summed E-state index contributed by atoms with van der Waals surface area (Å²) >= 11 is 0. The predicted molar refractivity (Wildman–Crippen MR) is 105 cm³/mol. The summed E-state index contributed by atoms with van der Waals surface area (Å²) in [5, 5.41) is 0. The molecule has 0 rings (SSSR count). The van der Waals surface area contributed by atoms with Gasteiger partial charge in [-0.15, -0.1) is 0 Å². The number of hydrogen-bond acceptors (Lipinski definition) is 2. The van der Waals surface area contributed by atoms with Gasteiger partial charge in [0.15, 0.2) is 0 Å². The maximum Gasteiger partial charge on any atom is 0.305 e. The second-order valence-corrected chi connectivity index (χ2v) is 8.13. The van der Waals surface area contributed by atoms with Crippen molar-refractivity contribution in [2.75, 3.05) is 6.61 Å². The van der Waals surface area contributed by atoms with Gasteiger partial charge in [0.1, 0.15) is 0 Å². The summed E-state index contributed by atoms with van der Waals surface area (Å²) < 4.78 is 5.54. The third kappa shape index (κ3) is 15.0. The Morgan fingerprint density at radius 2 is 1.50 bits per heavy atom. The topological polar surface area (TPSA) is 26.3 Å². The van der Waals surface area contributed by atoms with Crippen LogP contribution in [-0.2, 0) is 9.53 Å². The van der Waals surface area contributed by atoms with Crippen LogP contribution in [0.15, 0.2) is 0 Å². The van der Waals surface area contributed by atoms with Gasteiger partial charge in [0.25, 0.3) is 0 Å². The van der Waals surface area contributed by atoms with Crippen LogP contribution in [-0.4, -0.2) is 12.6 Å². The van der Waals surface area contributed by atoms with Crippen molar-refractivity contribution in [2.45, 2.75) is 112 Å². The lowest BCUT2D eigenvalue weighted by Crippen LogP contribution is -2.15. The Morgan fingerprint density at radius 3 is 2.12 bits per heavy atom. The Kier molecular flexibility index (Phi) is 15.6. The lowest BCUT2D eigenvalue weighted by Gasteiger charge is -2.18. The van der Waals surface area contributed by atoms with Crippen LogP contribution in [0.25, 0.3) is 0 Å². The quantitative estimate of drug-likeness (QED) is 0.220. The number of esters is 1. The third-order valence-electron chi connectivity index (χ3n) is 5.10. The van der Waals surface area contributed by atoms with Gasteiger partial charge >= 0.3 is 5.97 Å². The summed E-state index contributed by atoms with van der Waals surface area (Å²) in [6.07, 6.45) is 14.1. The Hall–Kier alpha value is -0.530. The van der Waals surface area contributed by atoms with Crippen molar-refractivity contribution in [1.29, 1.82) is 0 Å². The van der Waals surface area contributed by atoms with Crippen molar-refractivity contribution in [3.05, 3.63) is 0 Å². The molecular weight excluding hydrogens is 296 g/mol. The molecular formula is C22H44O2. The minimum Gasteiger partial charge on any atom is -0.465 e. The average Bonchev–Trinajstić information content (AvgIpc) is 2.55. The molecule has 0 bridgehead atoms. The molecule has 24 heavy (non-hydrogen) atoms. The van der Waals surface area contributed by atoms with Crippen LogP contribution >= 0.6 is 0 Å². The van der Waals surface area contributed by atoms with E-state index in [1.165, 1.54) is 64.2 Å². The summed E-state index contributed by atoms with van der Waals surface area (Å²) in [5.74, 6) is 2.18. The molecule has 0 aromatic carbocycles. The summed E-state index contributed by atoms with van der Waals surface area (Å²) in [4.78, 5) is 11.9. The van der Waals surface area contributed by atoms with Gasteiger partial charge in [-0.05, 0) is 37.0 Å². The Morgan fingerprint density at radius 1 is 0.833 bits per heavy atom. The lowest BCUT2D eigenvalue weighted by molar-refractivity contribution is -0.145. The van der Waals surface area contributed by atoms with Crippen LogP contribution in [0.4, 0.5) is 0 Å². The normalized spacial score (nSPS) is 13.9. The van der Waals surface area contributed by atoms with Gasteiger partial charge in [-0.3, -0.25) is 4.79 Å². The first-order chi connectivity index (χ1) is 11.5. The minimum absolute atomic E-state index is 0.0156. The molecule has 0 amide bonds. The molecule has 0 N–H and O–H groups in total. The van der Waals surface area contributed by atoms with Crippen molar-refractivity contribution >= 4 is 5.97 Å². The van der Waals surface area contributed by atoms with Crippen LogP contribution in [0.3, 0.4) is 0 Å². The molecule has 0 radical (unpaired) electrons. The second-order valence-electron chi connectivity index (χ2n) is 8.13. The average molecular weight is 341 g/mol. The molecule has 0 fully saturated rings. The summed E-state index contributed by atoms with van der Waals surface area (Å²) in [7, 11) is 0. The van der Waals surface area contributed by atoms with Gasteiger partial charge in [-0.1, -0.05) is 86.0 Å². The van der Waals surface area contributed by atoms with E-state index in [2.05, 4.69) is 34.6 Å². The molecule has 144 valence electrons. The number of carbonyl (C=O) groups excluding carboxylic acids is 1. The number of ether oxygens (including phenoxy) is 1. The minimum atomic E-state index is 0.0156. The zero-order valence-electron chi connectivity index (χ0n) is 17.2. The van der Waals surface area contributed by atoms with Crippen LogP contribution in [0.1, 0.15) is 112 Å². The van der Waals surface area contributed by atoms with Gasteiger partial charge in [-0.2, -0.15) is 0 Å². The van der Waals surface area contributed by atoms with Gasteiger partial charge < -0.3 is 4.74 Å². The summed E-state index contributed by atoms with van der Waals surface area (Å²) in [6, 6.07) is 0. The molecule has 0 aliphatic carbocycles. The van der Waals surface area contributed by atoms with Crippen molar-refractivity contribution in [3.63, 3.8) is 0 Å². The zero-order valence-corrected chi connectivity index (χ0v) is 17.2. The molecule has 0 saturated carbocycles. The molecule has 2 nitrogen and oxygen atoms in total. The Labute approximate surface area is 152 Å². The first kappa shape index (κ1) is 23.5. The van der Waals surface area contributed by atoms with Crippen LogP contribution < -0.4 is 0 Å². The molecule has 2 atom stereocenters. The van der Waals surface area contributed by atoms with Crippen LogP contribution in [0.5, 0.6) is 0 Å². The molecule has 0 saturated heterocycles. The Balaban J connectivity index is 3.69. The highest BCUT2D eigenvalue weighted by Gasteiger charge is 2.12. The SMILES string of the molecule is CCCC(CCC(C)CC)COC(=O)CCCCCCCC(C)C. The molecule has 0 aliphatic rings. The number of hydrogen-bond donors (Lipinski definition) is 0. The zero-order chi connectivity index (χ0) is 18.2. The molecule has 0 aliphatic heterocycles. The molecule has 2 heteroatoms. The van der Waals surface area contributed by atoms with Crippen molar-refractivity contribution in [3.8, 4) is 0 Å². The summed E-state index contributed by atoms with van der Waals surface area (Å²) in [5.41, 5.74) is 0. The van der Waals surface area contributed by atoms with Gasteiger partial charge in [-0.25, -0.2) is 0 Å². The standard InChI is InChI=1S/C22H44O2/c1-6-13-21(17-16-20(5)7-2)18-24-22(23)15-12-10-8-9-11-14-19(3)4/h19-21H,6-18H2,1-5H3. The van der Waals surface area contributed by atoms with Crippen molar-refractivity contribution < 1.29 is 9.53 Å². The maximum absolute atomic E-state index is 11.9. The molecule has 0 aromatic rings. The highest BCUT2D eigenvalue weighted by molar-refractivity contribution is 5.69. The van der Waals surface area contributed by atoms with Crippen molar-refractivity contribution in [2.24, 2.45) is 17.8 Å². The van der Waals surface area contributed by atoms with Crippen molar-refractivity contribution in [1.82, 2.24) is 0 Å². The highest BCUT2D eigenvalue weighted by Crippen LogP contribution is 2.20. The van der Waals surface area contributed by atoms with Gasteiger partial charge in [0.05, 0.1) is 6.61 Å². The van der Waals surface area contributed by atoms with Crippen LogP contribution in [0, 0.1) is 17.8 Å². The van der Waals surface area contributed by atoms with Gasteiger partial charge in [0.2, 0.25) is 0 Å². The molecule has 0 heterocycles. The van der Waals surface area contributed by atoms with E-state index in [0.717, 1.165) is 18.3 Å². The van der Waals surface area contributed by atoms with Crippen LogP contribution in [0.2, 0.25) is 0 Å². The van der Waals surface area contributed by atoms with E-state index < -0.39 is 0 Å². The first-order valence-electron chi connectivity index (χ1n) is 10.6. The van der Waals surface area contributed by atoms with E-state index in [1.54, 1.807) is 0 Å². The predicted octanol–water partition coefficient (Wildman–Crippen LogP) is 7.16.